The van der Waals surface area contributed by atoms with Gasteiger partial charge in [0.05, 0.1) is 28.1 Å². The number of fused-ring (bicyclic) bond motifs is 2. The first-order chi connectivity index (χ1) is 12.2. The average molecular weight is 355 g/mol. The van der Waals surface area contributed by atoms with E-state index in [9.17, 15) is 0 Å². The summed E-state index contributed by atoms with van der Waals surface area (Å²) in [6.07, 6.45) is 12.8. The molecule has 3 aliphatic rings. The molecule has 1 N–H and O–H groups in total. The number of hydrogen-bond acceptors (Lipinski definition) is 2. The first kappa shape index (κ1) is 15.4. The molecule has 0 radical (unpaired) electrons. The molecule has 1 aromatic carbocycles. The Balaban J connectivity index is 1.54. The summed E-state index contributed by atoms with van der Waals surface area (Å²) in [6.45, 7) is 0. The molecule has 0 unspecified atom stereocenters. The summed E-state index contributed by atoms with van der Waals surface area (Å²) >= 11 is 6.69. The molecule has 1 spiro atoms. The van der Waals surface area contributed by atoms with Crippen molar-refractivity contribution in [2.75, 3.05) is 12.4 Å². The maximum Gasteiger partial charge on any atom is 0.111 e. The van der Waals surface area contributed by atoms with Gasteiger partial charge in [0.2, 0.25) is 0 Å². The highest BCUT2D eigenvalue weighted by Gasteiger charge is 2.49. The third-order valence-electron chi connectivity index (χ3n) is 6.39. The van der Waals surface area contributed by atoms with Gasteiger partial charge in [-0.3, -0.25) is 4.99 Å². The van der Waals surface area contributed by atoms with E-state index >= 15 is 0 Å². The largest absolute Gasteiger partial charge is 0.343 e. The Morgan fingerprint density at radius 1 is 1.24 bits per heavy atom. The van der Waals surface area contributed by atoms with Crippen LogP contribution in [0, 0.1) is 0 Å². The van der Waals surface area contributed by atoms with Gasteiger partial charge >= 0.3 is 0 Å². The van der Waals surface area contributed by atoms with E-state index in [4.69, 9.17) is 11.6 Å². The Hall–Kier alpha value is -1.81. The quantitative estimate of drug-likeness (QED) is 0.819. The molecule has 0 atom stereocenters. The fourth-order valence-electron chi connectivity index (χ4n) is 4.84. The van der Waals surface area contributed by atoms with E-state index in [0.29, 0.717) is 5.92 Å². The minimum Gasteiger partial charge on any atom is -0.343 e. The van der Waals surface area contributed by atoms with Crippen molar-refractivity contribution < 1.29 is 0 Å². The smallest absolute Gasteiger partial charge is 0.111 e. The van der Waals surface area contributed by atoms with Gasteiger partial charge < -0.3 is 9.88 Å². The van der Waals surface area contributed by atoms with Crippen molar-refractivity contribution in [3.8, 4) is 5.69 Å². The molecule has 5 rings (SSSR count). The summed E-state index contributed by atoms with van der Waals surface area (Å²) in [4.78, 5) is 9.17. The van der Waals surface area contributed by atoms with E-state index in [2.05, 4.69) is 38.2 Å². The number of benzene rings is 1. The molecule has 2 heterocycles. The maximum atomic E-state index is 6.69. The highest BCUT2D eigenvalue weighted by molar-refractivity contribution is 6.33. The third-order valence-corrected chi connectivity index (χ3v) is 6.70. The zero-order chi connectivity index (χ0) is 17.0. The van der Waals surface area contributed by atoms with Crippen LogP contribution in [-0.4, -0.2) is 22.4 Å². The molecule has 25 heavy (non-hydrogen) atoms. The average Bonchev–Trinajstić information content (AvgIpc) is 3.30. The zero-order valence-electron chi connectivity index (χ0n) is 14.6. The maximum absolute atomic E-state index is 6.69. The predicted octanol–water partition coefficient (Wildman–Crippen LogP) is 5.06. The second-order valence-corrected chi connectivity index (χ2v) is 8.08. The lowest BCUT2D eigenvalue weighted by molar-refractivity contribution is 0.347. The number of hydrogen-bond donors (Lipinski definition) is 1. The van der Waals surface area contributed by atoms with Crippen LogP contribution in [0.4, 0.5) is 5.69 Å². The third kappa shape index (κ3) is 2.20. The van der Waals surface area contributed by atoms with E-state index in [1.54, 1.807) is 0 Å². The van der Waals surface area contributed by atoms with Crippen LogP contribution in [0.3, 0.4) is 0 Å². The Morgan fingerprint density at radius 2 is 2.04 bits per heavy atom. The van der Waals surface area contributed by atoms with Crippen LogP contribution in [0.5, 0.6) is 0 Å². The number of halogens is 1. The van der Waals surface area contributed by atoms with Crippen molar-refractivity contribution in [2.45, 2.75) is 56.3 Å². The lowest BCUT2D eigenvalue weighted by Gasteiger charge is -2.38. The molecular formula is C20H23ClN4. The van der Waals surface area contributed by atoms with Crippen LogP contribution in [0.25, 0.3) is 5.69 Å². The molecule has 1 aromatic heterocycles. The second kappa shape index (κ2) is 5.60. The van der Waals surface area contributed by atoms with Crippen molar-refractivity contribution >= 4 is 23.1 Å². The van der Waals surface area contributed by atoms with Gasteiger partial charge in [-0.1, -0.05) is 30.9 Å². The molecular weight excluding hydrogens is 332 g/mol. The highest BCUT2D eigenvalue weighted by Crippen LogP contribution is 2.52. The Morgan fingerprint density at radius 3 is 2.72 bits per heavy atom. The van der Waals surface area contributed by atoms with Gasteiger partial charge in [-0.25, -0.2) is 4.98 Å². The summed E-state index contributed by atoms with van der Waals surface area (Å²) in [7, 11) is 1.88. The van der Waals surface area contributed by atoms with Crippen molar-refractivity contribution in [3.63, 3.8) is 0 Å². The number of aromatic nitrogens is 2. The van der Waals surface area contributed by atoms with Gasteiger partial charge in [0.1, 0.15) is 5.84 Å². The van der Waals surface area contributed by atoms with Gasteiger partial charge in [0.15, 0.2) is 0 Å². The second-order valence-electron chi connectivity index (χ2n) is 7.67. The summed E-state index contributed by atoms with van der Waals surface area (Å²) in [5, 5.41) is 4.33. The molecule has 130 valence electrons. The normalized spacial score (nSPS) is 23.0. The Labute approximate surface area is 153 Å². The molecule has 0 saturated heterocycles. The van der Waals surface area contributed by atoms with Crippen molar-refractivity contribution in [3.05, 3.63) is 40.9 Å². The molecule has 0 amide bonds. The SMILES string of the molecule is CN=C1Nc2cc(-n3cnc(C4CCCC4)c3)c(Cl)cc2C12CCC2. The van der Waals surface area contributed by atoms with Gasteiger partial charge in [-0.2, -0.15) is 0 Å². The number of imidazole rings is 1. The lowest BCUT2D eigenvalue weighted by Crippen LogP contribution is -2.41. The number of rotatable bonds is 2. The van der Waals surface area contributed by atoms with Crippen LogP contribution >= 0.6 is 11.6 Å². The molecule has 2 aromatic rings. The highest BCUT2D eigenvalue weighted by atomic mass is 35.5. The standard InChI is InChI=1S/C20H23ClN4/c1-22-19-20(7-4-8-20)14-9-15(21)18(10-16(14)24-19)25-11-17(23-12-25)13-5-2-3-6-13/h9-13H,2-8H2,1H3,(H,22,24). The first-order valence-electron chi connectivity index (χ1n) is 9.34. The van der Waals surface area contributed by atoms with Gasteiger partial charge in [-0.15, -0.1) is 0 Å². The number of aliphatic imine (C=N–C) groups is 1. The minimum atomic E-state index is 0.0796. The van der Waals surface area contributed by atoms with Crippen molar-refractivity contribution in [2.24, 2.45) is 4.99 Å². The van der Waals surface area contributed by atoms with Gasteiger partial charge in [-0.05, 0) is 43.4 Å². The van der Waals surface area contributed by atoms with Crippen LogP contribution in [0.2, 0.25) is 5.02 Å². The zero-order valence-corrected chi connectivity index (χ0v) is 15.3. The molecule has 2 aliphatic carbocycles. The van der Waals surface area contributed by atoms with Gasteiger partial charge in [0, 0.05) is 24.8 Å². The Bertz CT molecular complexity index is 857. The van der Waals surface area contributed by atoms with Crippen LogP contribution in [-0.2, 0) is 5.41 Å². The van der Waals surface area contributed by atoms with E-state index in [1.807, 2.05) is 13.4 Å². The Kier molecular flexibility index (Phi) is 3.46. The van der Waals surface area contributed by atoms with E-state index < -0.39 is 0 Å². The summed E-state index contributed by atoms with van der Waals surface area (Å²) in [6, 6.07) is 4.31. The molecule has 1 aliphatic heterocycles. The van der Waals surface area contributed by atoms with Gasteiger partial charge in [0.25, 0.3) is 0 Å². The predicted molar refractivity (Wildman–Crippen MR) is 102 cm³/mol. The molecule has 4 nitrogen and oxygen atoms in total. The van der Waals surface area contributed by atoms with Crippen LogP contribution < -0.4 is 5.32 Å². The van der Waals surface area contributed by atoms with Crippen molar-refractivity contribution in [1.29, 1.82) is 0 Å². The number of nitrogens with one attached hydrogen (secondary N) is 1. The van der Waals surface area contributed by atoms with Crippen LogP contribution in [0.1, 0.15) is 62.1 Å². The summed E-state index contributed by atoms with van der Waals surface area (Å²) < 4.78 is 2.08. The monoisotopic (exact) mass is 354 g/mol. The number of amidine groups is 1. The molecule has 2 fully saturated rings. The van der Waals surface area contributed by atoms with Crippen LogP contribution in [0.15, 0.2) is 29.6 Å². The van der Waals surface area contributed by atoms with E-state index in [-0.39, 0.29) is 5.41 Å². The van der Waals surface area contributed by atoms with E-state index in [0.717, 1.165) is 35.1 Å². The molecule has 2 saturated carbocycles. The molecule has 0 bridgehead atoms. The minimum absolute atomic E-state index is 0.0796. The van der Waals surface area contributed by atoms with E-state index in [1.165, 1.54) is 43.4 Å². The summed E-state index contributed by atoms with van der Waals surface area (Å²) in [5.41, 5.74) is 4.74. The number of anilines is 1. The van der Waals surface area contributed by atoms with Crippen molar-refractivity contribution in [1.82, 2.24) is 9.55 Å². The molecule has 5 heteroatoms. The first-order valence-corrected chi connectivity index (χ1v) is 9.72. The topological polar surface area (TPSA) is 42.2 Å². The number of nitrogens with zero attached hydrogens (tertiary/aromatic N) is 3. The lowest BCUT2D eigenvalue weighted by atomic mass is 9.65. The summed E-state index contributed by atoms with van der Waals surface area (Å²) in [5.74, 6) is 1.71. The fraction of sp³-hybridized carbons (Fsp3) is 0.500. The fourth-order valence-corrected chi connectivity index (χ4v) is 5.10.